The Kier molecular flexibility index (Phi) is 7.24. The number of piperazine rings is 1. The number of carbonyl (C=O) groups excluding carboxylic acids is 2. The summed E-state index contributed by atoms with van der Waals surface area (Å²) < 4.78 is 31.7. The van der Waals surface area contributed by atoms with Crippen LogP contribution >= 0.6 is 0 Å². The van der Waals surface area contributed by atoms with E-state index in [2.05, 4.69) is 0 Å². The first-order valence-corrected chi connectivity index (χ1v) is 13.0. The van der Waals surface area contributed by atoms with E-state index in [1.165, 1.54) is 20.3 Å². The number of rotatable bonds is 5. The van der Waals surface area contributed by atoms with Gasteiger partial charge in [-0.05, 0) is 49.9 Å². The molecule has 2 aromatic rings. The molecule has 8 nitrogen and oxygen atoms in total. The van der Waals surface area contributed by atoms with Crippen molar-refractivity contribution in [2.45, 2.75) is 43.9 Å². The molecule has 1 spiro atoms. The number of halogens is 1. The second kappa shape index (κ2) is 10.6. The Morgan fingerprint density at radius 3 is 2.19 bits per heavy atom. The molecule has 3 aliphatic rings. The van der Waals surface area contributed by atoms with Gasteiger partial charge >= 0.3 is 0 Å². The number of hydrogen-bond donors (Lipinski definition) is 0. The molecule has 1 atom stereocenters. The third-order valence-electron chi connectivity index (χ3n) is 7.83. The zero-order valence-corrected chi connectivity index (χ0v) is 21.5. The van der Waals surface area contributed by atoms with Gasteiger partial charge in [0.2, 0.25) is 5.91 Å². The average molecular weight is 512 g/mol. The van der Waals surface area contributed by atoms with E-state index in [1.807, 2.05) is 11.0 Å². The van der Waals surface area contributed by atoms with Gasteiger partial charge in [-0.2, -0.15) is 0 Å². The van der Waals surface area contributed by atoms with Gasteiger partial charge in [0.15, 0.2) is 0 Å². The highest BCUT2D eigenvalue weighted by molar-refractivity contribution is 6.02. The molecular formula is C28H34FN3O5. The summed E-state index contributed by atoms with van der Waals surface area (Å²) >= 11 is 0. The molecule has 9 heteroatoms. The number of nitrogens with zero attached hydrogens (tertiary/aromatic N) is 3. The van der Waals surface area contributed by atoms with Crippen LogP contribution in [0.2, 0.25) is 0 Å². The Labute approximate surface area is 216 Å². The summed E-state index contributed by atoms with van der Waals surface area (Å²) in [5.74, 6) is 0.0574. The van der Waals surface area contributed by atoms with E-state index in [0.29, 0.717) is 61.8 Å². The van der Waals surface area contributed by atoms with E-state index in [4.69, 9.17) is 14.2 Å². The molecule has 5 rings (SSSR count). The Hall–Kier alpha value is -3.33. The maximum atomic E-state index is 14.3. The summed E-state index contributed by atoms with van der Waals surface area (Å²) in [6.07, 6.45) is 4.29. The highest BCUT2D eigenvalue weighted by Crippen LogP contribution is 2.43. The van der Waals surface area contributed by atoms with Crippen LogP contribution in [-0.2, 0) is 9.53 Å². The Bertz CT molecular complexity index is 1120. The molecule has 37 heavy (non-hydrogen) atoms. The lowest BCUT2D eigenvalue weighted by Crippen LogP contribution is -2.59. The second-order valence-electron chi connectivity index (χ2n) is 9.81. The van der Waals surface area contributed by atoms with Gasteiger partial charge in [-0.1, -0.05) is 24.6 Å². The molecule has 0 radical (unpaired) electrons. The van der Waals surface area contributed by atoms with Crippen molar-refractivity contribution >= 4 is 17.5 Å². The minimum Gasteiger partial charge on any atom is -0.496 e. The fourth-order valence-electron chi connectivity index (χ4n) is 5.93. The van der Waals surface area contributed by atoms with Crippen molar-refractivity contribution in [1.29, 1.82) is 0 Å². The summed E-state index contributed by atoms with van der Waals surface area (Å²) in [4.78, 5) is 33.5. The maximum Gasteiger partial charge on any atom is 0.264 e. The van der Waals surface area contributed by atoms with Gasteiger partial charge in [0, 0.05) is 26.2 Å². The first-order chi connectivity index (χ1) is 18.0. The summed E-state index contributed by atoms with van der Waals surface area (Å²) in [5.41, 5.74) is 0.0152. The smallest absolute Gasteiger partial charge is 0.264 e. The maximum absolute atomic E-state index is 14.3. The molecule has 0 bridgehead atoms. The first kappa shape index (κ1) is 25.3. The molecule has 2 amide bonds. The van der Waals surface area contributed by atoms with Gasteiger partial charge in [-0.3, -0.25) is 14.5 Å². The van der Waals surface area contributed by atoms with Crippen LogP contribution in [-0.4, -0.2) is 80.4 Å². The number of benzene rings is 2. The number of carbonyl (C=O) groups is 2. The number of anilines is 1. The molecule has 1 saturated carbocycles. The average Bonchev–Trinajstić information content (AvgIpc) is 3.30. The van der Waals surface area contributed by atoms with Crippen LogP contribution in [0.5, 0.6) is 11.5 Å². The molecule has 2 heterocycles. The summed E-state index contributed by atoms with van der Waals surface area (Å²) in [5, 5.41) is 0. The lowest BCUT2D eigenvalue weighted by molar-refractivity contribution is -0.137. The van der Waals surface area contributed by atoms with Crippen LogP contribution in [0.15, 0.2) is 42.5 Å². The molecule has 2 saturated heterocycles. The zero-order valence-electron chi connectivity index (χ0n) is 21.5. The highest BCUT2D eigenvalue weighted by Gasteiger charge is 2.54. The first-order valence-electron chi connectivity index (χ1n) is 13.0. The van der Waals surface area contributed by atoms with E-state index in [9.17, 15) is 14.0 Å². The third-order valence-corrected chi connectivity index (χ3v) is 7.83. The molecule has 1 aliphatic carbocycles. The van der Waals surface area contributed by atoms with Gasteiger partial charge in [-0.15, -0.1) is 0 Å². The molecule has 2 aromatic carbocycles. The van der Waals surface area contributed by atoms with Gasteiger partial charge in [0.1, 0.15) is 34.6 Å². The van der Waals surface area contributed by atoms with E-state index in [1.54, 1.807) is 40.1 Å². The molecule has 3 fully saturated rings. The second-order valence-corrected chi connectivity index (χ2v) is 9.81. The molecule has 0 N–H and O–H groups in total. The lowest BCUT2D eigenvalue weighted by atomic mass is 9.89. The standard InChI is InChI=1S/C28H34FN3O5/c1-35-23-11-8-12-24(36-2)25(23)27(34)32-22(19-37-28(32)13-6-3-7-14-28)26(33)31-17-15-30(16-18-31)21-10-5-4-9-20(21)29/h4-5,8-12,22H,3,6-7,13-19H2,1-2H3. The number of ether oxygens (including phenoxy) is 3. The molecular weight excluding hydrogens is 477 g/mol. The zero-order chi connectivity index (χ0) is 26.0. The topological polar surface area (TPSA) is 71.6 Å². The van der Waals surface area contributed by atoms with Crippen LogP contribution in [0.1, 0.15) is 42.5 Å². The molecule has 2 aliphatic heterocycles. The van der Waals surface area contributed by atoms with E-state index in [0.717, 1.165) is 19.3 Å². The molecule has 198 valence electrons. The van der Waals surface area contributed by atoms with Crippen LogP contribution in [0.3, 0.4) is 0 Å². The fourth-order valence-corrected chi connectivity index (χ4v) is 5.93. The van der Waals surface area contributed by atoms with Crippen LogP contribution in [0.25, 0.3) is 0 Å². The van der Waals surface area contributed by atoms with Crippen molar-refractivity contribution < 1.29 is 28.2 Å². The number of hydrogen-bond acceptors (Lipinski definition) is 6. The Morgan fingerprint density at radius 2 is 1.57 bits per heavy atom. The number of para-hydroxylation sites is 1. The highest BCUT2D eigenvalue weighted by atomic mass is 19.1. The van der Waals surface area contributed by atoms with Crippen molar-refractivity contribution in [2.75, 3.05) is 51.9 Å². The minimum absolute atomic E-state index is 0.141. The van der Waals surface area contributed by atoms with E-state index < -0.39 is 11.8 Å². The van der Waals surface area contributed by atoms with E-state index in [-0.39, 0.29) is 24.2 Å². The summed E-state index contributed by atoms with van der Waals surface area (Å²) in [6, 6.07) is 11.1. The lowest BCUT2D eigenvalue weighted by Gasteiger charge is -2.43. The largest absolute Gasteiger partial charge is 0.496 e. The normalized spacial score (nSPS) is 21.3. The van der Waals surface area contributed by atoms with E-state index >= 15 is 0 Å². The predicted octanol–water partition coefficient (Wildman–Crippen LogP) is 3.69. The minimum atomic E-state index is -0.823. The third kappa shape index (κ3) is 4.61. The van der Waals surface area contributed by atoms with Crippen LogP contribution in [0.4, 0.5) is 10.1 Å². The Morgan fingerprint density at radius 1 is 0.919 bits per heavy atom. The van der Waals surface area contributed by atoms with Crippen molar-refractivity contribution in [3.05, 3.63) is 53.8 Å². The SMILES string of the molecule is COc1cccc(OC)c1C(=O)N1C(C(=O)N2CCN(c3ccccc3F)CC2)COC12CCCCC2. The summed E-state index contributed by atoms with van der Waals surface area (Å²) in [6.45, 7) is 2.06. The fraction of sp³-hybridized carbons (Fsp3) is 0.500. The van der Waals surface area contributed by atoms with Gasteiger partial charge in [-0.25, -0.2) is 4.39 Å². The summed E-state index contributed by atoms with van der Waals surface area (Å²) in [7, 11) is 3.03. The predicted molar refractivity (Wildman–Crippen MR) is 136 cm³/mol. The monoisotopic (exact) mass is 511 g/mol. The van der Waals surface area contributed by atoms with Gasteiger partial charge in [0.05, 0.1) is 26.5 Å². The molecule has 1 unspecified atom stereocenters. The van der Waals surface area contributed by atoms with Crippen molar-refractivity contribution in [3.8, 4) is 11.5 Å². The van der Waals surface area contributed by atoms with Crippen LogP contribution < -0.4 is 14.4 Å². The van der Waals surface area contributed by atoms with Gasteiger partial charge in [0.25, 0.3) is 5.91 Å². The molecule has 0 aromatic heterocycles. The Balaban J connectivity index is 1.41. The van der Waals surface area contributed by atoms with Crippen molar-refractivity contribution in [3.63, 3.8) is 0 Å². The van der Waals surface area contributed by atoms with Crippen molar-refractivity contribution in [2.24, 2.45) is 0 Å². The van der Waals surface area contributed by atoms with Crippen LogP contribution in [0, 0.1) is 5.82 Å². The van der Waals surface area contributed by atoms with Crippen molar-refractivity contribution in [1.82, 2.24) is 9.80 Å². The number of methoxy groups -OCH3 is 2. The number of amides is 2. The quantitative estimate of drug-likeness (QED) is 0.610. The van der Waals surface area contributed by atoms with Gasteiger partial charge < -0.3 is 24.0 Å².